The molecule has 1 N–H and O–H groups in total. The Kier molecular flexibility index (Phi) is 7.96. The number of aryl methyl sites for hydroxylation is 1. The number of aromatic nitrogens is 1. The summed E-state index contributed by atoms with van der Waals surface area (Å²) in [6.07, 6.45) is 4.20. The highest BCUT2D eigenvalue weighted by Gasteiger charge is 2.23. The van der Waals surface area contributed by atoms with Crippen molar-refractivity contribution < 1.29 is 4.79 Å². The fraction of sp³-hybridized carbons (Fsp3) is 0.522. The van der Waals surface area contributed by atoms with Crippen LogP contribution in [0.4, 0.5) is 4.79 Å². The molecule has 1 heterocycles. The van der Waals surface area contributed by atoms with Crippen LogP contribution in [0.5, 0.6) is 0 Å². The van der Waals surface area contributed by atoms with Crippen LogP contribution in [-0.4, -0.2) is 28.1 Å². The van der Waals surface area contributed by atoms with Gasteiger partial charge < -0.3 is 14.8 Å². The third kappa shape index (κ3) is 6.16. The first kappa shape index (κ1) is 21.1. The first-order valence-electron chi connectivity index (χ1n) is 10.2. The topological polar surface area (TPSA) is 37.3 Å². The molecule has 1 unspecified atom stereocenters. The molecule has 0 saturated carbocycles. The number of urea groups is 1. The van der Waals surface area contributed by atoms with Crippen molar-refractivity contribution in [1.29, 1.82) is 0 Å². The van der Waals surface area contributed by atoms with Crippen LogP contribution in [0.3, 0.4) is 0 Å². The van der Waals surface area contributed by atoms with Crippen molar-refractivity contribution in [3.8, 4) is 0 Å². The molecule has 148 valence electrons. The number of nitrogens with one attached hydrogen (secondary N) is 1. The van der Waals surface area contributed by atoms with Gasteiger partial charge in [-0.25, -0.2) is 4.79 Å². The van der Waals surface area contributed by atoms with E-state index in [1.807, 2.05) is 4.90 Å². The number of amides is 2. The predicted molar refractivity (Wildman–Crippen MR) is 113 cm³/mol. The third-order valence-corrected chi connectivity index (χ3v) is 5.22. The molecule has 0 bridgehead atoms. The highest BCUT2D eigenvalue weighted by molar-refractivity contribution is 5.74. The SMILES string of the molecule is CCCCNC(=O)N(Cc1cccn1Cc1cccc(C)c1)C(C)C(C)C. The van der Waals surface area contributed by atoms with Gasteiger partial charge in [-0.05, 0) is 43.9 Å². The van der Waals surface area contributed by atoms with Gasteiger partial charge in [0.1, 0.15) is 0 Å². The molecule has 27 heavy (non-hydrogen) atoms. The first-order valence-corrected chi connectivity index (χ1v) is 10.2. The van der Waals surface area contributed by atoms with Crippen molar-refractivity contribution in [3.05, 3.63) is 59.4 Å². The quantitative estimate of drug-likeness (QED) is 0.606. The van der Waals surface area contributed by atoms with Gasteiger partial charge in [-0.15, -0.1) is 0 Å². The lowest BCUT2D eigenvalue weighted by atomic mass is 10.0. The van der Waals surface area contributed by atoms with Gasteiger partial charge in [0.15, 0.2) is 0 Å². The number of benzene rings is 1. The minimum Gasteiger partial charge on any atom is -0.345 e. The zero-order valence-electron chi connectivity index (χ0n) is 17.5. The minimum atomic E-state index is 0.0351. The molecule has 0 saturated heterocycles. The summed E-state index contributed by atoms with van der Waals surface area (Å²) >= 11 is 0. The van der Waals surface area contributed by atoms with E-state index in [2.05, 4.69) is 87.1 Å². The number of rotatable bonds is 9. The molecule has 1 aromatic carbocycles. The van der Waals surface area contributed by atoms with E-state index in [1.54, 1.807) is 0 Å². The molecule has 0 fully saturated rings. The van der Waals surface area contributed by atoms with E-state index < -0.39 is 0 Å². The summed E-state index contributed by atoms with van der Waals surface area (Å²) in [7, 11) is 0. The van der Waals surface area contributed by atoms with Gasteiger partial charge >= 0.3 is 6.03 Å². The van der Waals surface area contributed by atoms with E-state index in [0.717, 1.165) is 31.6 Å². The lowest BCUT2D eigenvalue weighted by Gasteiger charge is -2.32. The number of unbranched alkanes of at least 4 members (excludes halogenated alkanes) is 1. The highest BCUT2D eigenvalue weighted by atomic mass is 16.2. The molecule has 4 heteroatoms. The molecule has 1 aromatic heterocycles. The fourth-order valence-corrected chi connectivity index (χ4v) is 3.16. The maximum absolute atomic E-state index is 12.8. The van der Waals surface area contributed by atoms with Crippen LogP contribution in [0.1, 0.15) is 57.4 Å². The lowest BCUT2D eigenvalue weighted by Crippen LogP contribution is -2.47. The predicted octanol–water partition coefficient (Wildman–Crippen LogP) is 5.20. The van der Waals surface area contributed by atoms with Crippen LogP contribution in [0, 0.1) is 12.8 Å². The van der Waals surface area contributed by atoms with Gasteiger partial charge in [0, 0.05) is 31.0 Å². The van der Waals surface area contributed by atoms with Gasteiger partial charge in [-0.1, -0.05) is 57.0 Å². The molecule has 0 aliphatic rings. The smallest absolute Gasteiger partial charge is 0.318 e. The standard InChI is InChI=1S/C23H35N3O/c1-6-7-13-24-23(27)26(20(5)18(2)3)17-22-12-9-14-25(22)16-21-11-8-10-19(4)15-21/h8-12,14-15,18,20H,6-7,13,16-17H2,1-5H3,(H,24,27). The third-order valence-electron chi connectivity index (χ3n) is 5.22. The Morgan fingerprint density at radius 3 is 2.63 bits per heavy atom. The lowest BCUT2D eigenvalue weighted by molar-refractivity contribution is 0.155. The van der Waals surface area contributed by atoms with Gasteiger partial charge in [-0.2, -0.15) is 0 Å². The molecule has 1 atom stereocenters. The Morgan fingerprint density at radius 2 is 1.96 bits per heavy atom. The second-order valence-corrected chi connectivity index (χ2v) is 7.81. The zero-order chi connectivity index (χ0) is 19.8. The number of hydrogen-bond donors (Lipinski definition) is 1. The monoisotopic (exact) mass is 369 g/mol. The molecular weight excluding hydrogens is 334 g/mol. The summed E-state index contributed by atoms with van der Waals surface area (Å²) < 4.78 is 2.24. The molecule has 0 aliphatic carbocycles. The van der Waals surface area contributed by atoms with Gasteiger partial charge in [0.25, 0.3) is 0 Å². The normalized spacial score (nSPS) is 12.2. The summed E-state index contributed by atoms with van der Waals surface area (Å²) in [6, 6.07) is 13.0. The van der Waals surface area contributed by atoms with Crippen molar-refractivity contribution in [2.24, 2.45) is 5.92 Å². The Hall–Kier alpha value is -2.23. The van der Waals surface area contributed by atoms with E-state index in [-0.39, 0.29) is 12.1 Å². The highest BCUT2D eigenvalue weighted by Crippen LogP contribution is 2.17. The molecule has 0 aliphatic heterocycles. The van der Waals surface area contributed by atoms with Crippen LogP contribution in [-0.2, 0) is 13.1 Å². The van der Waals surface area contributed by atoms with Crippen LogP contribution in [0.25, 0.3) is 0 Å². The number of hydrogen-bond acceptors (Lipinski definition) is 1. The Labute approximate surface area is 164 Å². The summed E-state index contributed by atoms with van der Waals surface area (Å²) in [5, 5.41) is 3.09. The largest absolute Gasteiger partial charge is 0.345 e. The first-order chi connectivity index (χ1) is 12.9. The maximum Gasteiger partial charge on any atom is 0.318 e. The zero-order valence-corrected chi connectivity index (χ0v) is 17.5. The van der Waals surface area contributed by atoms with Crippen LogP contribution in [0.2, 0.25) is 0 Å². The minimum absolute atomic E-state index is 0.0351. The second-order valence-electron chi connectivity index (χ2n) is 7.81. The van der Waals surface area contributed by atoms with Crippen molar-refractivity contribution in [2.45, 2.75) is 66.6 Å². The summed E-state index contributed by atoms with van der Waals surface area (Å²) in [6.45, 7) is 12.9. The van der Waals surface area contributed by atoms with E-state index in [4.69, 9.17) is 0 Å². The van der Waals surface area contributed by atoms with E-state index in [1.165, 1.54) is 11.1 Å². The molecule has 2 aromatic rings. The van der Waals surface area contributed by atoms with Gasteiger partial charge in [-0.3, -0.25) is 0 Å². The van der Waals surface area contributed by atoms with E-state index >= 15 is 0 Å². The molecule has 0 radical (unpaired) electrons. The van der Waals surface area contributed by atoms with Gasteiger partial charge in [0.05, 0.1) is 6.54 Å². The molecule has 2 amide bonds. The second kappa shape index (κ2) is 10.2. The van der Waals surface area contributed by atoms with E-state index in [9.17, 15) is 4.79 Å². The summed E-state index contributed by atoms with van der Waals surface area (Å²) in [5.74, 6) is 0.405. The van der Waals surface area contributed by atoms with Crippen molar-refractivity contribution in [2.75, 3.05) is 6.54 Å². The van der Waals surface area contributed by atoms with Crippen LogP contribution < -0.4 is 5.32 Å². The average molecular weight is 370 g/mol. The number of carbonyl (C=O) groups excluding carboxylic acids is 1. The number of nitrogens with zero attached hydrogens (tertiary/aromatic N) is 2. The van der Waals surface area contributed by atoms with Crippen LogP contribution >= 0.6 is 0 Å². The Balaban J connectivity index is 2.15. The number of carbonyl (C=O) groups is 1. The maximum atomic E-state index is 12.8. The Bertz CT molecular complexity index is 720. The van der Waals surface area contributed by atoms with E-state index in [0.29, 0.717) is 12.5 Å². The molecule has 0 spiro atoms. The van der Waals surface area contributed by atoms with Crippen LogP contribution in [0.15, 0.2) is 42.6 Å². The van der Waals surface area contributed by atoms with Crippen molar-refractivity contribution in [3.63, 3.8) is 0 Å². The van der Waals surface area contributed by atoms with Crippen molar-refractivity contribution >= 4 is 6.03 Å². The van der Waals surface area contributed by atoms with Gasteiger partial charge in [0.2, 0.25) is 0 Å². The summed E-state index contributed by atoms with van der Waals surface area (Å²) in [5.41, 5.74) is 3.71. The van der Waals surface area contributed by atoms with Crippen molar-refractivity contribution in [1.82, 2.24) is 14.8 Å². The molecule has 2 rings (SSSR count). The summed E-state index contributed by atoms with van der Waals surface area (Å²) in [4.78, 5) is 14.8. The average Bonchev–Trinajstić information content (AvgIpc) is 3.06. The Morgan fingerprint density at radius 1 is 1.19 bits per heavy atom. The fourth-order valence-electron chi connectivity index (χ4n) is 3.16. The molecule has 4 nitrogen and oxygen atoms in total. The molecular formula is C23H35N3O.